The molecule has 6 nitrogen and oxygen atoms in total. The van der Waals surface area contributed by atoms with E-state index in [-0.39, 0.29) is 5.97 Å². The fourth-order valence-corrected chi connectivity index (χ4v) is 2.93. The zero-order chi connectivity index (χ0) is 17.5. The quantitative estimate of drug-likeness (QED) is 0.812. The minimum absolute atomic E-state index is 0.349. The van der Waals surface area contributed by atoms with Crippen molar-refractivity contribution in [3.05, 3.63) is 29.3 Å². The first-order valence-electron chi connectivity index (χ1n) is 8.28. The number of nitrogens with one attached hydrogen (secondary N) is 2. The predicted octanol–water partition coefficient (Wildman–Crippen LogP) is 3.08. The predicted molar refractivity (Wildman–Crippen MR) is 90.6 cm³/mol. The second kappa shape index (κ2) is 8.47. The van der Waals surface area contributed by atoms with Crippen molar-refractivity contribution in [3.63, 3.8) is 0 Å². The molecule has 2 N–H and O–H groups in total. The zero-order valence-electron chi connectivity index (χ0n) is 14.2. The molecule has 2 rings (SSSR count). The van der Waals surface area contributed by atoms with Crippen LogP contribution in [0.3, 0.4) is 0 Å². The standard InChI is InChI=1S/C18H24N2O4/c1-12-7-8-15(13(2)9-12)19-18(23)20-16(21)11-24-17(22)10-14-5-3-4-6-14/h7-9,14H,3-6,10-11H2,1-2H3,(H2,19,20,21,23). The van der Waals surface area contributed by atoms with Gasteiger partial charge >= 0.3 is 12.0 Å². The molecule has 0 saturated heterocycles. The summed E-state index contributed by atoms with van der Waals surface area (Å²) in [6.45, 7) is 3.39. The van der Waals surface area contributed by atoms with Gasteiger partial charge in [0.2, 0.25) is 0 Å². The topological polar surface area (TPSA) is 84.5 Å². The summed E-state index contributed by atoms with van der Waals surface area (Å²) < 4.78 is 4.93. The molecular weight excluding hydrogens is 308 g/mol. The van der Waals surface area contributed by atoms with E-state index in [4.69, 9.17) is 4.74 Å². The SMILES string of the molecule is Cc1ccc(NC(=O)NC(=O)COC(=O)CC2CCCC2)c(C)c1. The van der Waals surface area contributed by atoms with Gasteiger partial charge in [0.25, 0.3) is 5.91 Å². The molecule has 1 aromatic carbocycles. The third kappa shape index (κ3) is 5.68. The number of benzene rings is 1. The van der Waals surface area contributed by atoms with E-state index in [0.29, 0.717) is 18.0 Å². The van der Waals surface area contributed by atoms with Crippen LogP contribution < -0.4 is 10.6 Å². The van der Waals surface area contributed by atoms with Gasteiger partial charge in [-0.2, -0.15) is 0 Å². The van der Waals surface area contributed by atoms with Gasteiger partial charge in [-0.25, -0.2) is 4.79 Å². The average Bonchev–Trinajstić information content (AvgIpc) is 3.01. The number of carbonyl (C=O) groups excluding carboxylic acids is 3. The van der Waals surface area contributed by atoms with Crippen molar-refractivity contribution in [1.29, 1.82) is 0 Å². The number of ether oxygens (including phenoxy) is 1. The van der Waals surface area contributed by atoms with Gasteiger partial charge in [0.1, 0.15) is 0 Å². The first-order chi connectivity index (χ1) is 11.4. The smallest absolute Gasteiger partial charge is 0.325 e. The lowest BCUT2D eigenvalue weighted by Crippen LogP contribution is -2.37. The molecule has 1 aliphatic carbocycles. The fourth-order valence-electron chi connectivity index (χ4n) is 2.93. The molecule has 1 aliphatic rings. The van der Waals surface area contributed by atoms with Crippen LogP contribution in [0.5, 0.6) is 0 Å². The van der Waals surface area contributed by atoms with E-state index in [1.807, 2.05) is 26.0 Å². The van der Waals surface area contributed by atoms with Crippen LogP contribution in [0.1, 0.15) is 43.2 Å². The maximum Gasteiger partial charge on any atom is 0.325 e. The van der Waals surface area contributed by atoms with Gasteiger partial charge in [-0.1, -0.05) is 30.5 Å². The van der Waals surface area contributed by atoms with Crippen molar-refractivity contribution >= 4 is 23.6 Å². The fraction of sp³-hybridized carbons (Fsp3) is 0.500. The largest absolute Gasteiger partial charge is 0.456 e. The van der Waals surface area contributed by atoms with E-state index in [9.17, 15) is 14.4 Å². The average molecular weight is 332 g/mol. The second-order valence-corrected chi connectivity index (χ2v) is 6.34. The molecule has 3 amide bonds. The number of aryl methyl sites for hydroxylation is 2. The van der Waals surface area contributed by atoms with Gasteiger partial charge in [0, 0.05) is 12.1 Å². The number of anilines is 1. The van der Waals surface area contributed by atoms with Crippen LogP contribution in [-0.2, 0) is 14.3 Å². The van der Waals surface area contributed by atoms with E-state index in [0.717, 1.165) is 36.8 Å². The highest BCUT2D eigenvalue weighted by atomic mass is 16.5. The highest BCUT2D eigenvalue weighted by Gasteiger charge is 2.20. The highest BCUT2D eigenvalue weighted by Crippen LogP contribution is 2.27. The van der Waals surface area contributed by atoms with E-state index >= 15 is 0 Å². The Morgan fingerprint density at radius 1 is 1.17 bits per heavy atom. The van der Waals surface area contributed by atoms with Gasteiger partial charge in [0.05, 0.1) is 0 Å². The Bertz CT molecular complexity index is 621. The second-order valence-electron chi connectivity index (χ2n) is 6.34. The van der Waals surface area contributed by atoms with Crippen LogP contribution in [0.15, 0.2) is 18.2 Å². The Labute approximate surface area is 142 Å². The number of amides is 3. The Morgan fingerprint density at radius 3 is 2.54 bits per heavy atom. The van der Waals surface area contributed by atoms with Crippen LogP contribution in [0.4, 0.5) is 10.5 Å². The van der Waals surface area contributed by atoms with Crippen LogP contribution in [-0.4, -0.2) is 24.5 Å². The van der Waals surface area contributed by atoms with Gasteiger partial charge in [-0.05, 0) is 44.2 Å². The first kappa shape index (κ1) is 18.0. The Morgan fingerprint density at radius 2 is 1.88 bits per heavy atom. The highest BCUT2D eigenvalue weighted by molar-refractivity contribution is 6.02. The van der Waals surface area contributed by atoms with Crippen molar-refractivity contribution in [2.24, 2.45) is 5.92 Å². The maximum absolute atomic E-state index is 11.8. The summed E-state index contributed by atoms with van der Waals surface area (Å²) in [5, 5.41) is 4.76. The molecule has 6 heteroatoms. The number of carbonyl (C=O) groups is 3. The van der Waals surface area contributed by atoms with Crippen molar-refractivity contribution in [2.75, 3.05) is 11.9 Å². The first-order valence-corrected chi connectivity index (χ1v) is 8.28. The Balaban J connectivity index is 1.71. The molecule has 0 atom stereocenters. The molecule has 0 radical (unpaired) electrons. The Kier molecular flexibility index (Phi) is 6.35. The summed E-state index contributed by atoms with van der Waals surface area (Å²) in [6, 6.07) is 4.94. The third-order valence-electron chi connectivity index (χ3n) is 4.18. The zero-order valence-corrected chi connectivity index (χ0v) is 14.2. The Hall–Kier alpha value is -2.37. The molecule has 0 heterocycles. The summed E-state index contributed by atoms with van der Waals surface area (Å²) in [6.07, 6.45) is 4.73. The lowest BCUT2D eigenvalue weighted by Gasteiger charge is -2.11. The van der Waals surface area contributed by atoms with E-state index < -0.39 is 18.5 Å². The van der Waals surface area contributed by atoms with Crippen LogP contribution >= 0.6 is 0 Å². The number of hydrogen-bond donors (Lipinski definition) is 2. The van der Waals surface area contributed by atoms with Gasteiger partial charge in [0.15, 0.2) is 6.61 Å². The van der Waals surface area contributed by atoms with Crippen molar-refractivity contribution in [2.45, 2.75) is 46.0 Å². The molecule has 0 aliphatic heterocycles. The van der Waals surface area contributed by atoms with E-state index in [1.54, 1.807) is 6.07 Å². The normalized spacial score (nSPS) is 14.2. The molecule has 1 fully saturated rings. The number of hydrogen-bond acceptors (Lipinski definition) is 4. The van der Waals surface area contributed by atoms with Crippen LogP contribution in [0, 0.1) is 19.8 Å². The maximum atomic E-state index is 11.8. The monoisotopic (exact) mass is 332 g/mol. The summed E-state index contributed by atoms with van der Waals surface area (Å²) >= 11 is 0. The summed E-state index contributed by atoms with van der Waals surface area (Å²) in [5.74, 6) is -0.655. The molecule has 1 aromatic rings. The van der Waals surface area contributed by atoms with Crippen molar-refractivity contribution in [3.8, 4) is 0 Å². The molecule has 0 spiro atoms. The lowest BCUT2D eigenvalue weighted by atomic mass is 10.1. The number of urea groups is 1. The molecule has 0 aromatic heterocycles. The van der Waals surface area contributed by atoms with Crippen molar-refractivity contribution in [1.82, 2.24) is 5.32 Å². The van der Waals surface area contributed by atoms with E-state index in [2.05, 4.69) is 10.6 Å². The minimum atomic E-state index is -0.642. The van der Waals surface area contributed by atoms with Crippen LogP contribution in [0.2, 0.25) is 0 Å². The lowest BCUT2D eigenvalue weighted by molar-refractivity contribution is -0.149. The summed E-state index contributed by atoms with van der Waals surface area (Å²) in [4.78, 5) is 35.1. The third-order valence-corrected chi connectivity index (χ3v) is 4.18. The van der Waals surface area contributed by atoms with Crippen molar-refractivity contribution < 1.29 is 19.1 Å². The molecule has 1 saturated carbocycles. The molecule has 24 heavy (non-hydrogen) atoms. The van der Waals surface area contributed by atoms with Crippen LogP contribution in [0.25, 0.3) is 0 Å². The number of esters is 1. The molecule has 0 bridgehead atoms. The summed E-state index contributed by atoms with van der Waals surface area (Å²) in [7, 11) is 0. The molecular formula is C18H24N2O4. The molecule has 130 valence electrons. The summed E-state index contributed by atoms with van der Waals surface area (Å²) in [5.41, 5.74) is 2.62. The number of rotatable bonds is 5. The number of imide groups is 1. The van der Waals surface area contributed by atoms with E-state index in [1.165, 1.54) is 0 Å². The van der Waals surface area contributed by atoms with Gasteiger partial charge < -0.3 is 10.1 Å². The van der Waals surface area contributed by atoms with Gasteiger partial charge in [-0.15, -0.1) is 0 Å². The van der Waals surface area contributed by atoms with Gasteiger partial charge in [-0.3, -0.25) is 14.9 Å². The minimum Gasteiger partial charge on any atom is -0.456 e. The molecule has 0 unspecified atom stereocenters.